The van der Waals surface area contributed by atoms with Crippen molar-refractivity contribution < 1.29 is 25.6 Å². The lowest BCUT2D eigenvalue weighted by molar-refractivity contribution is 0.268. The second kappa shape index (κ2) is 8.22. The van der Waals surface area contributed by atoms with Gasteiger partial charge in [0.2, 0.25) is 0 Å². The van der Waals surface area contributed by atoms with E-state index < -0.39 is 20.2 Å². The van der Waals surface area contributed by atoms with Crippen LogP contribution in [0.15, 0.2) is 0 Å². The van der Waals surface area contributed by atoms with Gasteiger partial charge < -0.3 is 5.32 Å². The van der Waals surface area contributed by atoms with Crippen LogP contribution in [0.3, 0.4) is 0 Å². The Hall–Kier alpha value is 0.0700. The fourth-order valence-electron chi connectivity index (χ4n) is 0.981. The van der Waals surface area contributed by atoms with Gasteiger partial charge in [-0.25, -0.2) is 12.6 Å². The minimum Gasteiger partial charge on any atom is -0.314 e. The van der Waals surface area contributed by atoms with E-state index in [1.165, 1.54) is 0 Å². The zero-order valence-electron chi connectivity index (χ0n) is 9.13. The maximum atomic E-state index is 11.2. The van der Waals surface area contributed by atoms with Crippen LogP contribution < -0.4 is 5.32 Å². The van der Waals surface area contributed by atoms with E-state index in [-0.39, 0.29) is 30.5 Å². The van der Waals surface area contributed by atoms with Crippen molar-refractivity contribution >= 4 is 31.8 Å². The first-order chi connectivity index (χ1) is 7.77. The van der Waals surface area contributed by atoms with Crippen LogP contribution in [0.5, 0.6) is 0 Å². The molecular formula is C7H16ClNO6S2. The van der Waals surface area contributed by atoms with Crippen LogP contribution in [0, 0.1) is 0 Å². The minimum atomic E-state index is -4.40. The first kappa shape index (κ1) is 17.1. The van der Waals surface area contributed by atoms with Crippen LogP contribution in [0.1, 0.15) is 6.42 Å². The SMILES string of the molecule is O=S(=O)(CCCl)CCCNCCOS(=O)(=O)O. The Morgan fingerprint density at radius 2 is 1.76 bits per heavy atom. The number of nitrogens with one attached hydrogen (secondary N) is 1. The van der Waals surface area contributed by atoms with Gasteiger partial charge in [0.25, 0.3) is 0 Å². The molecule has 0 aliphatic heterocycles. The van der Waals surface area contributed by atoms with Gasteiger partial charge in [-0.1, -0.05) is 0 Å². The summed E-state index contributed by atoms with van der Waals surface area (Å²) in [6, 6.07) is 0. The molecule has 0 spiro atoms. The van der Waals surface area contributed by atoms with Crippen LogP contribution in [0.2, 0.25) is 0 Å². The highest BCUT2D eigenvalue weighted by atomic mass is 35.5. The molecule has 17 heavy (non-hydrogen) atoms. The highest BCUT2D eigenvalue weighted by Crippen LogP contribution is 1.94. The first-order valence-electron chi connectivity index (χ1n) is 4.86. The van der Waals surface area contributed by atoms with Gasteiger partial charge >= 0.3 is 10.4 Å². The molecule has 0 heterocycles. The van der Waals surface area contributed by atoms with E-state index in [0.717, 1.165) is 0 Å². The average molecular weight is 310 g/mol. The second-order valence-electron chi connectivity index (χ2n) is 3.19. The van der Waals surface area contributed by atoms with Crippen LogP contribution >= 0.6 is 11.6 Å². The molecule has 0 bridgehead atoms. The van der Waals surface area contributed by atoms with Crippen molar-refractivity contribution in [2.24, 2.45) is 0 Å². The Balaban J connectivity index is 3.48. The van der Waals surface area contributed by atoms with Gasteiger partial charge in [0.1, 0.15) is 0 Å². The van der Waals surface area contributed by atoms with Gasteiger partial charge in [-0.15, -0.1) is 11.6 Å². The third kappa shape index (κ3) is 12.3. The van der Waals surface area contributed by atoms with Gasteiger partial charge in [-0.05, 0) is 13.0 Å². The van der Waals surface area contributed by atoms with E-state index in [1.54, 1.807) is 0 Å². The van der Waals surface area contributed by atoms with Crippen molar-refractivity contribution in [3.63, 3.8) is 0 Å². The van der Waals surface area contributed by atoms with Crippen LogP contribution in [0.25, 0.3) is 0 Å². The molecule has 7 nitrogen and oxygen atoms in total. The molecule has 0 atom stereocenters. The maximum Gasteiger partial charge on any atom is 0.397 e. The van der Waals surface area contributed by atoms with Crippen LogP contribution in [-0.4, -0.2) is 58.5 Å². The predicted molar refractivity (Wildman–Crippen MR) is 64.4 cm³/mol. The van der Waals surface area contributed by atoms with Gasteiger partial charge in [0, 0.05) is 12.4 Å². The Labute approximate surface area is 106 Å². The smallest absolute Gasteiger partial charge is 0.314 e. The van der Waals surface area contributed by atoms with E-state index in [2.05, 4.69) is 9.50 Å². The molecule has 0 saturated heterocycles. The predicted octanol–water partition coefficient (Wildman–Crippen LogP) is -0.561. The lowest BCUT2D eigenvalue weighted by Crippen LogP contribution is -2.24. The summed E-state index contributed by atoms with van der Waals surface area (Å²) in [6.07, 6.45) is 0.408. The summed E-state index contributed by atoms with van der Waals surface area (Å²) < 4.78 is 54.9. The zero-order chi connectivity index (χ0) is 13.4. The third-order valence-electron chi connectivity index (χ3n) is 1.71. The Morgan fingerprint density at radius 1 is 1.12 bits per heavy atom. The molecule has 0 aromatic carbocycles. The molecule has 0 amide bonds. The van der Waals surface area contributed by atoms with Gasteiger partial charge in [-0.2, -0.15) is 8.42 Å². The molecule has 2 N–H and O–H groups in total. The van der Waals surface area contributed by atoms with E-state index in [0.29, 0.717) is 13.0 Å². The molecular weight excluding hydrogens is 294 g/mol. The molecule has 0 rings (SSSR count). The normalized spacial score (nSPS) is 12.8. The monoisotopic (exact) mass is 309 g/mol. The van der Waals surface area contributed by atoms with E-state index in [1.807, 2.05) is 0 Å². The molecule has 0 aromatic heterocycles. The molecule has 0 fully saturated rings. The van der Waals surface area contributed by atoms with E-state index in [4.69, 9.17) is 16.2 Å². The standard InChI is InChI=1S/C7H16ClNO6S2/c8-2-7-16(10,11)6-1-3-9-4-5-15-17(12,13)14/h9H,1-7H2,(H,12,13,14). The van der Waals surface area contributed by atoms with Crippen molar-refractivity contribution in [3.8, 4) is 0 Å². The van der Waals surface area contributed by atoms with Gasteiger partial charge in [-0.3, -0.25) is 4.55 Å². The number of hydrogen-bond donors (Lipinski definition) is 2. The van der Waals surface area contributed by atoms with Gasteiger partial charge in [0.15, 0.2) is 9.84 Å². The number of halogens is 1. The molecule has 0 aromatic rings. The minimum absolute atomic E-state index is 0.0336. The lowest BCUT2D eigenvalue weighted by atomic mass is 10.5. The summed E-state index contributed by atoms with van der Waals surface area (Å²) in [5.41, 5.74) is 0. The molecule has 0 aliphatic carbocycles. The van der Waals surface area contributed by atoms with Gasteiger partial charge in [0.05, 0.1) is 18.1 Å². The Bertz CT molecular complexity index is 393. The first-order valence-corrected chi connectivity index (χ1v) is 8.58. The summed E-state index contributed by atoms with van der Waals surface area (Å²) in [4.78, 5) is 0. The van der Waals surface area contributed by atoms with Crippen LogP contribution in [-0.2, 0) is 24.4 Å². The second-order valence-corrected chi connectivity index (χ2v) is 6.97. The van der Waals surface area contributed by atoms with Crippen molar-refractivity contribution in [1.29, 1.82) is 0 Å². The van der Waals surface area contributed by atoms with E-state index >= 15 is 0 Å². The summed E-state index contributed by atoms with van der Waals surface area (Å²) >= 11 is 5.32. The lowest BCUT2D eigenvalue weighted by Gasteiger charge is -2.04. The molecule has 104 valence electrons. The Morgan fingerprint density at radius 3 is 2.29 bits per heavy atom. The number of rotatable bonds is 10. The summed E-state index contributed by atoms with van der Waals surface area (Å²) in [5, 5.41) is 2.77. The largest absolute Gasteiger partial charge is 0.397 e. The zero-order valence-corrected chi connectivity index (χ0v) is 11.5. The van der Waals surface area contributed by atoms with Crippen molar-refractivity contribution in [1.82, 2.24) is 5.32 Å². The van der Waals surface area contributed by atoms with E-state index in [9.17, 15) is 16.8 Å². The maximum absolute atomic E-state index is 11.2. The van der Waals surface area contributed by atoms with Crippen molar-refractivity contribution in [3.05, 3.63) is 0 Å². The van der Waals surface area contributed by atoms with Crippen molar-refractivity contribution in [2.75, 3.05) is 37.1 Å². The highest BCUT2D eigenvalue weighted by molar-refractivity contribution is 7.91. The third-order valence-corrected chi connectivity index (χ3v) is 4.32. The quantitative estimate of drug-likeness (QED) is 0.316. The van der Waals surface area contributed by atoms with Crippen molar-refractivity contribution in [2.45, 2.75) is 6.42 Å². The molecule has 10 heteroatoms. The summed E-state index contributed by atoms with van der Waals surface area (Å²) in [7, 11) is -7.48. The highest BCUT2D eigenvalue weighted by Gasteiger charge is 2.08. The number of alkyl halides is 1. The summed E-state index contributed by atoms with van der Waals surface area (Å²) in [5.74, 6) is 0.0737. The molecule has 0 unspecified atom stereocenters. The number of hydrogen-bond acceptors (Lipinski definition) is 6. The molecule has 0 radical (unpaired) electrons. The fourth-order valence-corrected chi connectivity index (χ4v) is 3.00. The number of sulfone groups is 1. The average Bonchev–Trinajstić information content (AvgIpc) is 2.14. The Kier molecular flexibility index (Phi) is 8.25. The molecule has 0 saturated carbocycles. The fraction of sp³-hybridized carbons (Fsp3) is 1.00. The van der Waals surface area contributed by atoms with Crippen LogP contribution in [0.4, 0.5) is 0 Å². The summed E-state index contributed by atoms with van der Waals surface area (Å²) in [6.45, 7) is 0.416. The topological polar surface area (TPSA) is 110 Å². The molecule has 0 aliphatic rings.